The Hall–Kier alpha value is -0.160. The zero-order valence-electron chi connectivity index (χ0n) is 6.30. The number of piperidine rings is 1. The van der Waals surface area contributed by atoms with Crippen molar-refractivity contribution in [3.8, 4) is 0 Å². The third-order valence-corrected chi connectivity index (χ3v) is 1.60. The van der Waals surface area contributed by atoms with Crippen LogP contribution in [0.1, 0.15) is 12.8 Å². The van der Waals surface area contributed by atoms with Crippen LogP contribution >= 0.6 is 0 Å². The van der Waals surface area contributed by atoms with Crippen LogP contribution in [0.4, 0.5) is 0 Å². The topological polar surface area (TPSA) is 86.5 Å². The van der Waals surface area contributed by atoms with Gasteiger partial charge >= 0.3 is 0 Å². The molecule has 0 aliphatic carbocycles. The van der Waals surface area contributed by atoms with E-state index in [-0.39, 0.29) is 17.1 Å². The van der Waals surface area contributed by atoms with Crippen LogP contribution in [0.2, 0.25) is 0 Å². The molecule has 1 aliphatic rings. The Balaban J connectivity index is 0. The number of rotatable bonds is 0. The maximum absolute atomic E-state index is 9.04. The Morgan fingerprint density at radius 2 is 2.00 bits per heavy atom. The molecule has 0 radical (unpaired) electrons. The summed E-state index contributed by atoms with van der Waals surface area (Å²) in [5.74, 6) is 0. The van der Waals surface area contributed by atoms with Gasteiger partial charge in [0, 0.05) is 6.54 Å². The van der Waals surface area contributed by atoms with E-state index < -0.39 is 0 Å². The van der Waals surface area contributed by atoms with E-state index in [9.17, 15) is 0 Å². The van der Waals surface area contributed by atoms with Crippen LogP contribution < -0.4 is 0 Å². The zero-order chi connectivity index (χ0) is 5.98. The molecule has 4 nitrogen and oxygen atoms in total. The van der Waals surface area contributed by atoms with Gasteiger partial charge in [-0.3, -0.25) is 0 Å². The fourth-order valence-corrected chi connectivity index (χ4v) is 1.14. The first-order valence-corrected chi connectivity index (χ1v) is 3.15. The molecule has 5 N–H and O–H groups in total. The third kappa shape index (κ3) is 3.79. The van der Waals surface area contributed by atoms with Gasteiger partial charge in [0.2, 0.25) is 0 Å². The average Bonchev–Trinajstić information content (AvgIpc) is 1.64. The van der Waals surface area contributed by atoms with E-state index in [1.54, 1.807) is 0 Å². The molecule has 1 heterocycles. The van der Waals surface area contributed by atoms with Crippen LogP contribution in [0, 0.1) is 0 Å². The van der Waals surface area contributed by atoms with Crippen LogP contribution in [-0.4, -0.2) is 47.2 Å². The van der Waals surface area contributed by atoms with E-state index in [2.05, 4.69) is 4.90 Å². The summed E-state index contributed by atoms with van der Waals surface area (Å²) in [4.78, 5) is 2.16. The van der Waals surface area contributed by atoms with Gasteiger partial charge in [-0.1, -0.05) is 0 Å². The monoisotopic (exact) mass is 151 g/mol. The predicted molar refractivity (Wildman–Crippen MR) is 40.0 cm³/mol. The second-order valence-electron chi connectivity index (χ2n) is 2.56. The summed E-state index contributed by atoms with van der Waals surface area (Å²) in [5.41, 5.74) is 0. The largest absolute Gasteiger partial charge is 0.412 e. The van der Waals surface area contributed by atoms with Crippen LogP contribution in [0.25, 0.3) is 0 Å². The summed E-state index contributed by atoms with van der Waals surface area (Å²) >= 11 is 0. The smallest absolute Gasteiger partial charge is 0.0667 e. The predicted octanol–water partition coefficient (Wildman–Crippen LogP) is -1.58. The van der Waals surface area contributed by atoms with Crippen LogP contribution in [0.15, 0.2) is 0 Å². The number of likely N-dealkylation sites (N-methyl/N-ethyl adjacent to an activating group) is 1. The molecule has 0 amide bonds. The number of β-amino-alcohol motifs (C(OH)–C–C–N with tert-alkyl or cyclic N) is 1. The lowest BCUT2D eigenvalue weighted by Gasteiger charge is -2.25. The molecule has 1 fully saturated rings. The summed E-state index contributed by atoms with van der Waals surface area (Å²) in [7, 11) is 2.04. The summed E-state index contributed by atoms with van der Waals surface area (Å²) in [6.07, 6.45) is 2.08. The Labute approximate surface area is 61.1 Å². The van der Waals surface area contributed by atoms with Gasteiger partial charge in [-0.05, 0) is 26.4 Å². The molecule has 1 atom stereocenters. The highest BCUT2D eigenvalue weighted by Gasteiger charge is 2.12. The van der Waals surface area contributed by atoms with E-state index in [0.717, 1.165) is 25.9 Å². The van der Waals surface area contributed by atoms with Gasteiger partial charge in [0.15, 0.2) is 0 Å². The maximum Gasteiger partial charge on any atom is 0.0667 e. The van der Waals surface area contributed by atoms with Gasteiger partial charge in [0.05, 0.1) is 6.10 Å². The van der Waals surface area contributed by atoms with E-state index in [0.29, 0.717) is 0 Å². The van der Waals surface area contributed by atoms with Crippen LogP contribution in [-0.2, 0) is 0 Å². The standard InChI is InChI=1S/C6H13NO.2H2O/c1-7-4-2-3-6(8)5-7;;/h6,8H,2-5H2,1H3;2*1H2. The molecule has 0 bridgehead atoms. The van der Waals surface area contributed by atoms with Crippen molar-refractivity contribution < 1.29 is 16.1 Å². The summed E-state index contributed by atoms with van der Waals surface area (Å²) in [6.45, 7) is 2.01. The molecule has 64 valence electrons. The summed E-state index contributed by atoms with van der Waals surface area (Å²) < 4.78 is 0. The Bertz CT molecular complexity index is 71.4. The normalized spacial score (nSPS) is 26.4. The van der Waals surface area contributed by atoms with Crippen molar-refractivity contribution in [3.05, 3.63) is 0 Å². The second kappa shape index (κ2) is 5.61. The Morgan fingerprint density at radius 3 is 2.30 bits per heavy atom. The highest BCUT2D eigenvalue weighted by Crippen LogP contribution is 2.06. The molecule has 1 rings (SSSR count). The molecule has 10 heavy (non-hydrogen) atoms. The van der Waals surface area contributed by atoms with Crippen molar-refractivity contribution in [1.82, 2.24) is 4.90 Å². The number of hydrogen-bond acceptors (Lipinski definition) is 2. The number of likely N-dealkylation sites (tertiary alicyclic amines) is 1. The lowest BCUT2D eigenvalue weighted by Crippen LogP contribution is -2.34. The van der Waals surface area contributed by atoms with Crippen molar-refractivity contribution in [2.75, 3.05) is 20.1 Å². The first kappa shape index (κ1) is 12.5. The molecule has 1 saturated heterocycles. The Kier molecular flexibility index (Phi) is 7.02. The fraction of sp³-hybridized carbons (Fsp3) is 1.00. The highest BCUT2D eigenvalue weighted by molar-refractivity contribution is 4.67. The molecule has 0 aromatic heterocycles. The van der Waals surface area contributed by atoms with Crippen molar-refractivity contribution in [1.29, 1.82) is 0 Å². The van der Waals surface area contributed by atoms with Gasteiger partial charge in [-0.25, -0.2) is 0 Å². The van der Waals surface area contributed by atoms with Crippen molar-refractivity contribution in [2.45, 2.75) is 18.9 Å². The van der Waals surface area contributed by atoms with Gasteiger partial charge in [-0.15, -0.1) is 0 Å². The van der Waals surface area contributed by atoms with Gasteiger partial charge < -0.3 is 21.0 Å². The minimum atomic E-state index is -0.0613. The number of aliphatic hydroxyl groups is 1. The summed E-state index contributed by atoms with van der Waals surface area (Å²) in [5, 5.41) is 9.04. The molecule has 1 unspecified atom stereocenters. The lowest BCUT2D eigenvalue weighted by atomic mass is 10.1. The quantitative estimate of drug-likeness (QED) is 0.453. The number of nitrogens with zero attached hydrogens (tertiary/aromatic N) is 1. The second-order valence-corrected chi connectivity index (χ2v) is 2.56. The van der Waals surface area contributed by atoms with Gasteiger partial charge in [-0.2, -0.15) is 0 Å². The number of aliphatic hydroxyl groups excluding tert-OH is 1. The fourth-order valence-electron chi connectivity index (χ4n) is 1.14. The Morgan fingerprint density at radius 1 is 1.40 bits per heavy atom. The van der Waals surface area contributed by atoms with E-state index in [1.807, 2.05) is 7.05 Å². The van der Waals surface area contributed by atoms with Crippen LogP contribution in [0.3, 0.4) is 0 Å². The first-order valence-electron chi connectivity index (χ1n) is 3.15. The minimum absolute atomic E-state index is 0. The molecule has 1 aliphatic heterocycles. The van der Waals surface area contributed by atoms with Crippen molar-refractivity contribution in [2.24, 2.45) is 0 Å². The first-order chi connectivity index (χ1) is 3.79. The van der Waals surface area contributed by atoms with Crippen molar-refractivity contribution >= 4 is 0 Å². The molecule has 0 saturated carbocycles. The van der Waals surface area contributed by atoms with Gasteiger partial charge in [0.1, 0.15) is 0 Å². The van der Waals surface area contributed by atoms with Crippen molar-refractivity contribution in [3.63, 3.8) is 0 Å². The maximum atomic E-state index is 9.04. The SMILES string of the molecule is CN1CCCC(O)C1.O.O. The van der Waals surface area contributed by atoms with E-state index in [4.69, 9.17) is 5.11 Å². The summed E-state index contributed by atoms with van der Waals surface area (Å²) in [6, 6.07) is 0. The minimum Gasteiger partial charge on any atom is -0.412 e. The molecule has 0 spiro atoms. The lowest BCUT2D eigenvalue weighted by molar-refractivity contribution is 0.0846. The number of hydrogen-bond donors (Lipinski definition) is 1. The third-order valence-electron chi connectivity index (χ3n) is 1.60. The molecule has 4 heteroatoms. The average molecular weight is 151 g/mol. The molecular formula is C6H17NO3. The molecular weight excluding hydrogens is 134 g/mol. The van der Waals surface area contributed by atoms with Gasteiger partial charge in [0.25, 0.3) is 0 Å². The molecule has 0 aromatic rings. The highest BCUT2D eigenvalue weighted by atomic mass is 16.3. The van der Waals surface area contributed by atoms with E-state index in [1.165, 1.54) is 0 Å². The van der Waals surface area contributed by atoms with E-state index >= 15 is 0 Å². The van der Waals surface area contributed by atoms with Crippen LogP contribution in [0.5, 0.6) is 0 Å². The zero-order valence-corrected chi connectivity index (χ0v) is 6.30. The molecule has 0 aromatic carbocycles.